The maximum atomic E-state index is 12.0. The summed E-state index contributed by atoms with van der Waals surface area (Å²) in [7, 11) is -0.611. The van der Waals surface area contributed by atoms with Crippen LogP contribution in [0.3, 0.4) is 0 Å². The van der Waals surface area contributed by atoms with E-state index in [1.54, 1.807) is 13.8 Å². The summed E-state index contributed by atoms with van der Waals surface area (Å²) in [5, 5.41) is 9.04. The van der Waals surface area contributed by atoms with Gasteiger partial charge in [0.1, 0.15) is 0 Å². The van der Waals surface area contributed by atoms with Gasteiger partial charge in [0, 0.05) is 44.6 Å². The molecule has 0 aliphatic carbocycles. The van der Waals surface area contributed by atoms with Gasteiger partial charge in [-0.1, -0.05) is 0 Å². The molecule has 0 aliphatic rings. The van der Waals surface area contributed by atoms with E-state index >= 15 is 0 Å². The average Bonchev–Trinajstić information content (AvgIpc) is 2.53. The summed E-state index contributed by atoms with van der Waals surface area (Å²) >= 11 is 0. The molecule has 0 bridgehead atoms. The number of aliphatic carboxylic acids is 1. The van der Waals surface area contributed by atoms with E-state index in [1.807, 2.05) is 13.8 Å². The molecule has 0 rings (SSSR count). The van der Waals surface area contributed by atoms with Gasteiger partial charge in [0.2, 0.25) is 0 Å². The van der Waals surface area contributed by atoms with Gasteiger partial charge in [0.25, 0.3) is 0 Å². The third-order valence-electron chi connectivity index (χ3n) is 4.41. The molecule has 6 nitrogen and oxygen atoms in total. The predicted molar refractivity (Wildman–Crippen MR) is 106 cm³/mol. The van der Waals surface area contributed by atoms with E-state index in [-0.39, 0.29) is 5.97 Å². The van der Waals surface area contributed by atoms with Crippen molar-refractivity contribution in [3.05, 3.63) is 0 Å². The predicted octanol–water partition coefficient (Wildman–Crippen LogP) is 2.74. The lowest BCUT2D eigenvalue weighted by molar-refractivity contribution is -0.151. The van der Waals surface area contributed by atoms with Crippen molar-refractivity contribution in [3.63, 3.8) is 0 Å². The SMILES string of the molecule is COC(=O)C(C)(C)CCCS(=O)CCCS(=O)CCCC(C)(C)C(=O)O. The van der Waals surface area contributed by atoms with E-state index in [0.717, 1.165) is 0 Å². The maximum Gasteiger partial charge on any atom is 0.311 e. The smallest absolute Gasteiger partial charge is 0.311 e. The molecule has 0 aromatic carbocycles. The van der Waals surface area contributed by atoms with Crippen molar-refractivity contribution in [2.75, 3.05) is 30.1 Å². The lowest BCUT2D eigenvalue weighted by atomic mass is 9.88. The van der Waals surface area contributed by atoms with Crippen molar-refractivity contribution >= 4 is 33.5 Å². The Morgan fingerprint density at radius 3 is 1.58 bits per heavy atom. The summed E-state index contributed by atoms with van der Waals surface area (Å²) in [6.45, 7) is 6.97. The van der Waals surface area contributed by atoms with E-state index in [1.165, 1.54) is 7.11 Å². The molecular weight excluding hydrogens is 376 g/mol. The van der Waals surface area contributed by atoms with E-state index < -0.39 is 38.4 Å². The van der Waals surface area contributed by atoms with E-state index in [0.29, 0.717) is 55.1 Å². The van der Waals surface area contributed by atoms with Crippen molar-refractivity contribution in [1.82, 2.24) is 0 Å². The molecule has 26 heavy (non-hydrogen) atoms. The third-order valence-corrected chi connectivity index (χ3v) is 7.38. The molecule has 0 amide bonds. The summed E-state index contributed by atoms with van der Waals surface area (Å²) in [6.07, 6.45) is 3.04. The molecule has 0 saturated heterocycles. The van der Waals surface area contributed by atoms with Crippen LogP contribution in [-0.2, 0) is 35.9 Å². The second kappa shape index (κ2) is 11.8. The van der Waals surface area contributed by atoms with Gasteiger partial charge in [-0.15, -0.1) is 0 Å². The lowest BCUT2D eigenvalue weighted by Crippen LogP contribution is -2.26. The molecule has 2 atom stereocenters. The van der Waals surface area contributed by atoms with Gasteiger partial charge in [-0.05, 0) is 59.8 Å². The van der Waals surface area contributed by atoms with Gasteiger partial charge in [-0.2, -0.15) is 0 Å². The van der Waals surface area contributed by atoms with Gasteiger partial charge in [0.05, 0.1) is 17.9 Å². The van der Waals surface area contributed by atoms with Gasteiger partial charge in [0.15, 0.2) is 0 Å². The first-order valence-corrected chi connectivity index (χ1v) is 11.9. The summed E-state index contributed by atoms with van der Waals surface area (Å²) < 4.78 is 28.7. The molecule has 0 spiro atoms. The number of esters is 1. The van der Waals surface area contributed by atoms with Gasteiger partial charge < -0.3 is 9.84 Å². The maximum absolute atomic E-state index is 12.0. The van der Waals surface area contributed by atoms with Crippen molar-refractivity contribution in [2.24, 2.45) is 10.8 Å². The second-order valence-electron chi connectivity index (χ2n) is 7.82. The van der Waals surface area contributed by atoms with Crippen LogP contribution in [0.25, 0.3) is 0 Å². The van der Waals surface area contributed by atoms with Crippen LogP contribution in [0.2, 0.25) is 0 Å². The van der Waals surface area contributed by atoms with Crippen LogP contribution in [0.4, 0.5) is 0 Å². The van der Waals surface area contributed by atoms with Crippen LogP contribution in [0.1, 0.15) is 59.8 Å². The zero-order chi connectivity index (χ0) is 20.4. The number of carboxylic acids is 1. The number of hydrogen-bond donors (Lipinski definition) is 1. The highest BCUT2D eigenvalue weighted by molar-refractivity contribution is 7.85. The second-order valence-corrected chi connectivity index (χ2v) is 11.2. The zero-order valence-electron chi connectivity index (χ0n) is 16.7. The average molecular weight is 411 g/mol. The Balaban J connectivity index is 3.90. The molecule has 0 fully saturated rings. The molecule has 0 aliphatic heterocycles. The fourth-order valence-electron chi connectivity index (χ4n) is 2.42. The quantitative estimate of drug-likeness (QED) is 0.442. The highest BCUT2D eigenvalue weighted by Gasteiger charge is 2.28. The number of hydrogen-bond acceptors (Lipinski definition) is 5. The van der Waals surface area contributed by atoms with Crippen LogP contribution in [0.5, 0.6) is 0 Å². The standard InChI is InChI=1S/C18H34O6S2/c1-17(2,15(19)20)9-6-11-25(22)13-8-14-26(23)12-7-10-18(3,4)16(21)24-5/h6-14H2,1-5H3,(H,19,20). The molecule has 0 radical (unpaired) electrons. The number of carbonyl (C=O) groups excluding carboxylic acids is 1. The highest BCUT2D eigenvalue weighted by atomic mass is 32.2. The summed E-state index contributed by atoms with van der Waals surface area (Å²) in [4.78, 5) is 22.6. The number of carboxylic acid groups (broad SMARTS) is 1. The van der Waals surface area contributed by atoms with E-state index in [9.17, 15) is 18.0 Å². The lowest BCUT2D eigenvalue weighted by Gasteiger charge is -2.20. The molecule has 0 aromatic rings. The summed E-state index contributed by atoms with van der Waals surface area (Å²) in [6, 6.07) is 0. The molecular formula is C18H34O6S2. The van der Waals surface area contributed by atoms with Crippen molar-refractivity contribution < 1.29 is 27.9 Å². The van der Waals surface area contributed by atoms with Gasteiger partial charge in [-0.3, -0.25) is 18.0 Å². The fourth-order valence-corrected chi connectivity index (χ4v) is 4.88. The Morgan fingerprint density at radius 2 is 1.19 bits per heavy atom. The Labute approximate surface area is 162 Å². The highest BCUT2D eigenvalue weighted by Crippen LogP contribution is 2.24. The van der Waals surface area contributed by atoms with E-state index in [2.05, 4.69) is 0 Å². The minimum atomic E-state index is -1.00. The fraction of sp³-hybridized carbons (Fsp3) is 0.889. The minimum absolute atomic E-state index is 0.259. The molecule has 0 heterocycles. The Hall–Kier alpha value is -0.760. The minimum Gasteiger partial charge on any atom is -0.481 e. The molecule has 8 heteroatoms. The molecule has 0 saturated carbocycles. The number of methoxy groups -OCH3 is 1. The first-order valence-electron chi connectivity index (χ1n) is 8.94. The molecule has 0 aromatic heterocycles. The monoisotopic (exact) mass is 410 g/mol. The van der Waals surface area contributed by atoms with Crippen molar-refractivity contribution in [3.8, 4) is 0 Å². The summed E-state index contributed by atoms with van der Waals surface area (Å²) in [5.74, 6) is 0.910. The molecule has 154 valence electrons. The number of carbonyl (C=O) groups is 2. The zero-order valence-corrected chi connectivity index (χ0v) is 18.3. The third kappa shape index (κ3) is 10.4. The van der Waals surface area contributed by atoms with Gasteiger partial charge >= 0.3 is 11.9 Å². The number of ether oxygens (including phenoxy) is 1. The van der Waals surface area contributed by atoms with Crippen LogP contribution >= 0.6 is 0 Å². The first kappa shape index (κ1) is 25.2. The van der Waals surface area contributed by atoms with Crippen LogP contribution in [0, 0.1) is 10.8 Å². The van der Waals surface area contributed by atoms with Crippen molar-refractivity contribution in [2.45, 2.75) is 59.8 Å². The largest absolute Gasteiger partial charge is 0.481 e. The number of rotatable bonds is 14. The normalized spacial score (nSPS) is 14.7. The topological polar surface area (TPSA) is 97.7 Å². The van der Waals surface area contributed by atoms with E-state index in [4.69, 9.17) is 9.84 Å². The molecule has 2 unspecified atom stereocenters. The van der Waals surface area contributed by atoms with Gasteiger partial charge in [-0.25, -0.2) is 0 Å². The Bertz CT molecular complexity index is 514. The molecule has 1 N–H and O–H groups in total. The van der Waals surface area contributed by atoms with Crippen molar-refractivity contribution in [1.29, 1.82) is 0 Å². The Morgan fingerprint density at radius 1 is 0.808 bits per heavy atom. The van der Waals surface area contributed by atoms with Crippen LogP contribution < -0.4 is 0 Å². The van der Waals surface area contributed by atoms with Crippen LogP contribution in [0.15, 0.2) is 0 Å². The Kier molecular flexibility index (Phi) is 11.5. The first-order chi connectivity index (χ1) is 11.9. The summed E-state index contributed by atoms with van der Waals surface area (Å²) in [5.41, 5.74) is -1.35. The van der Waals surface area contributed by atoms with Crippen LogP contribution in [-0.4, -0.2) is 55.6 Å².